The van der Waals surface area contributed by atoms with Gasteiger partial charge in [0.15, 0.2) is 0 Å². The molecule has 0 aliphatic carbocycles. The van der Waals surface area contributed by atoms with Crippen molar-refractivity contribution in [3.63, 3.8) is 0 Å². The van der Waals surface area contributed by atoms with Gasteiger partial charge in [0.05, 0.1) is 56.1 Å². The number of ether oxygens (including phenoxy) is 1. The summed E-state index contributed by atoms with van der Waals surface area (Å²) in [5, 5.41) is 0. The molecular formula is C19H26N3O3S+. The summed E-state index contributed by atoms with van der Waals surface area (Å²) in [7, 11) is -1.48. The van der Waals surface area contributed by atoms with E-state index in [0.29, 0.717) is 18.0 Å². The van der Waals surface area contributed by atoms with Crippen molar-refractivity contribution in [2.75, 3.05) is 49.5 Å². The lowest BCUT2D eigenvalue weighted by Gasteiger charge is -2.33. The predicted molar refractivity (Wildman–Crippen MR) is 104 cm³/mol. The fourth-order valence-corrected chi connectivity index (χ4v) is 4.12. The average molecular weight is 377 g/mol. The Morgan fingerprint density at radius 1 is 1.08 bits per heavy atom. The van der Waals surface area contributed by atoms with Crippen LogP contribution in [0.5, 0.6) is 5.75 Å². The van der Waals surface area contributed by atoms with Crippen molar-refractivity contribution in [3.05, 3.63) is 48.5 Å². The van der Waals surface area contributed by atoms with E-state index < -0.39 is 10.0 Å². The van der Waals surface area contributed by atoms with Gasteiger partial charge in [-0.05, 0) is 43.3 Å². The molecule has 6 nitrogen and oxygen atoms in total. The highest BCUT2D eigenvalue weighted by Gasteiger charge is 2.22. The van der Waals surface area contributed by atoms with Gasteiger partial charge in [-0.25, -0.2) is 8.42 Å². The molecule has 0 radical (unpaired) electrons. The van der Waals surface area contributed by atoms with Crippen molar-refractivity contribution < 1.29 is 18.1 Å². The number of sulfonamides is 1. The maximum Gasteiger partial charge on any atom is 0.261 e. The molecule has 1 saturated heterocycles. The van der Waals surface area contributed by atoms with Crippen molar-refractivity contribution >= 4 is 21.4 Å². The van der Waals surface area contributed by atoms with Crippen molar-refractivity contribution in [2.45, 2.75) is 11.8 Å². The normalized spacial score (nSPS) is 15.7. The zero-order chi connectivity index (χ0) is 18.6. The van der Waals surface area contributed by atoms with Crippen molar-refractivity contribution in [1.29, 1.82) is 0 Å². The van der Waals surface area contributed by atoms with E-state index >= 15 is 0 Å². The van der Waals surface area contributed by atoms with Crippen LogP contribution in [0.2, 0.25) is 0 Å². The van der Waals surface area contributed by atoms with Gasteiger partial charge in [0.2, 0.25) is 0 Å². The van der Waals surface area contributed by atoms with E-state index in [9.17, 15) is 8.42 Å². The molecule has 0 aromatic heterocycles. The second-order valence-electron chi connectivity index (χ2n) is 6.47. The van der Waals surface area contributed by atoms with Gasteiger partial charge in [-0.1, -0.05) is 12.1 Å². The van der Waals surface area contributed by atoms with Crippen LogP contribution in [-0.2, 0) is 10.0 Å². The minimum atomic E-state index is -3.65. The first-order chi connectivity index (χ1) is 12.5. The molecule has 3 rings (SSSR count). The van der Waals surface area contributed by atoms with E-state index in [1.54, 1.807) is 24.3 Å². The molecule has 2 aromatic rings. The maximum absolute atomic E-state index is 12.8. The lowest BCUT2D eigenvalue weighted by atomic mass is 10.2. The highest BCUT2D eigenvalue weighted by molar-refractivity contribution is 7.92. The summed E-state index contributed by atoms with van der Waals surface area (Å²) in [6.45, 7) is 6.34. The van der Waals surface area contributed by atoms with Crippen LogP contribution in [0.15, 0.2) is 53.4 Å². The molecule has 7 heteroatoms. The number of para-hydroxylation sites is 2. The quantitative estimate of drug-likeness (QED) is 0.796. The van der Waals surface area contributed by atoms with Gasteiger partial charge in [-0.2, -0.15) is 0 Å². The van der Waals surface area contributed by atoms with Crippen molar-refractivity contribution in [1.82, 2.24) is 0 Å². The summed E-state index contributed by atoms with van der Waals surface area (Å²) < 4.78 is 33.7. The molecule has 1 heterocycles. The fraction of sp³-hybridized carbons (Fsp3) is 0.368. The third-order valence-corrected chi connectivity index (χ3v) is 5.93. The summed E-state index contributed by atoms with van der Waals surface area (Å²) in [5.74, 6) is 0.659. The van der Waals surface area contributed by atoms with E-state index in [1.165, 1.54) is 4.90 Å². The first-order valence-electron chi connectivity index (χ1n) is 8.90. The average Bonchev–Trinajstić information content (AvgIpc) is 2.63. The monoisotopic (exact) mass is 376 g/mol. The van der Waals surface area contributed by atoms with Gasteiger partial charge in [0, 0.05) is 0 Å². The number of hydrogen-bond acceptors (Lipinski definition) is 4. The van der Waals surface area contributed by atoms with Gasteiger partial charge in [0.1, 0.15) is 5.75 Å². The molecular weight excluding hydrogens is 350 g/mol. The van der Waals surface area contributed by atoms with E-state index in [2.05, 4.69) is 16.7 Å². The topological polar surface area (TPSA) is 63.1 Å². The van der Waals surface area contributed by atoms with Crippen LogP contribution >= 0.6 is 0 Å². The molecule has 0 unspecified atom stereocenters. The first kappa shape index (κ1) is 18.5. The Labute approximate surface area is 155 Å². The molecule has 0 spiro atoms. The summed E-state index contributed by atoms with van der Waals surface area (Å²) in [4.78, 5) is 3.95. The predicted octanol–water partition coefficient (Wildman–Crippen LogP) is 1.22. The summed E-state index contributed by atoms with van der Waals surface area (Å²) >= 11 is 0. The standard InChI is InChI=1S/C19H25N3O3S/c1-3-25-16-8-10-17(11-9-16)26(23,24)20-18-6-4-5-7-19(18)22-14-12-21(2)13-15-22/h4-11,20H,3,12-15H2,1-2H3/p+1. The van der Waals surface area contributed by atoms with Crippen LogP contribution in [-0.4, -0.2) is 48.3 Å². The van der Waals surface area contributed by atoms with Crippen LogP contribution in [0.3, 0.4) is 0 Å². The smallest absolute Gasteiger partial charge is 0.261 e. The van der Waals surface area contributed by atoms with Crippen molar-refractivity contribution in [3.8, 4) is 5.75 Å². The molecule has 0 bridgehead atoms. The number of nitrogens with zero attached hydrogens (tertiary/aromatic N) is 1. The summed E-state index contributed by atoms with van der Waals surface area (Å²) in [6, 6.07) is 14.0. The Bertz CT molecular complexity index is 829. The molecule has 1 aliphatic rings. The molecule has 2 N–H and O–H groups in total. The van der Waals surface area contributed by atoms with Crippen LogP contribution in [0.25, 0.3) is 0 Å². The Balaban J connectivity index is 1.81. The number of hydrogen-bond donors (Lipinski definition) is 2. The number of likely N-dealkylation sites (N-methyl/N-ethyl adjacent to an activating group) is 1. The molecule has 0 amide bonds. The molecule has 2 aromatic carbocycles. The number of benzene rings is 2. The summed E-state index contributed by atoms with van der Waals surface area (Å²) in [5.41, 5.74) is 1.54. The number of rotatable bonds is 6. The Morgan fingerprint density at radius 2 is 1.73 bits per heavy atom. The molecule has 1 aliphatic heterocycles. The van der Waals surface area contributed by atoms with E-state index in [1.807, 2.05) is 31.2 Å². The number of anilines is 2. The van der Waals surface area contributed by atoms with Gasteiger partial charge < -0.3 is 14.5 Å². The largest absolute Gasteiger partial charge is 0.494 e. The second kappa shape index (κ2) is 7.97. The second-order valence-corrected chi connectivity index (χ2v) is 8.15. The third-order valence-electron chi connectivity index (χ3n) is 4.55. The highest BCUT2D eigenvalue weighted by Crippen LogP contribution is 2.28. The van der Waals surface area contributed by atoms with Crippen LogP contribution in [0, 0.1) is 0 Å². The minimum absolute atomic E-state index is 0.221. The van der Waals surface area contributed by atoms with E-state index in [-0.39, 0.29) is 4.90 Å². The van der Waals surface area contributed by atoms with Crippen LogP contribution < -0.4 is 19.3 Å². The first-order valence-corrected chi connectivity index (χ1v) is 10.4. The van der Waals surface area contributed by atoms with Gasteiger partial charge in [0.25, 0.3) is 10.0 Å². The highest BCUT2D eigenvalue weighted by atomic mass is 32.2. The maximum atomic E-state index is 12.8. The third kappa shape index (κ3) is 4.28. The Hall–Kier alpha value is -2.25. The minimum Gasteiger partial charge on any atom is -0.494 e. The molecule has 26 heavy (non-hydrogen) atoms. The zero-order valence-corrected chi connectivity index (χ0v) is 16.1. The SMILES string of the molecule is CCOc1ccc(S(=O)(=O)Nc2ccccc2N2CC[NH+](C)CC2)cc1. The lowest BCUT2D eigenvalue weighted by Crippen LogP contribution is -3.12. The summed E-state index contributed by atoms with van der Waals surface area (Å²) in [6.07, 6.45) is 0. The Kier molecular flexibility index (Phi) is 5.68. The fourth-order valence-electron chi connectivity index (χ4n) is 3.05. The molecule has 140 valence electrons. The molecule has 0 saturated carbocycles. The molecule has 0 atom stereocenters. The van der Waals surface area contributed by atoms with Crippen LogP contribution in [0.1, 0.15) is 6.92 Å². The number of nitrogens with one attached hydrogen (secondary N) is 2. The van der Waals surface area contributed by atoms with E-state index in [4.69, 9.17) is 4.74 Å². The lowest BCUT2D eigenvalue weighted by molar-refractivity contribution is -0.880. The van der Waals surface area contributed by atoms with Gasteiger partial charge in [-0.3, -0.25) is 4.72 Å². The van der Waals surface area contributed by atoms with Gasteiger partial charge in [-0.15, -0.1) is 0 Å². The number of quaternary nitrogens is 1. The number of piperazine rings is 1. The Morgan fingerprint density at radius 3 is 2.38 bits per heavy atom. The zero-order valence-electron chi connectivity index (χ0n) is 15.2. The molecule has 1 fully saturated rings. The van der Waals surface area contributed by atoms with Crippen LogP contribution in [0.4, 0.5) is 11.4 Å². The van der Waals surface area contributed by atoms with Gasteiger partial charge >= 0.3 is 0 Å². The van der Waals surface area contributed by atoms with E-state index in [0.717, 1.165) is 31.9 Å². The van der Waals surface area contributed by atoms with Crippen molar-refractivity contribution in [2.24, 2.45) is 0 Å².